The number of carbonyl (C=O) groups excluding carboxylic acids is 1. The summed E-state index contributed by atoms with van der Waals surface area (Å²) in [5, 5.41) is 0. The Morgan fingerprint density at radius 3 is 2.53 bits per heavy atom. The molecule has 0 fully saturated rings. The first-order valence-electron chi connectivity index (χ1n) is 5.14. The molecule has 2 aromatic rings. The molecule has 0 atom stereocenters. The maximum absolute atomic E-state index is 13.4. The third-order valence-electron chi connectivity index (χ3n) is 2.41. The number of aromatic nitrogens is 1. The van der Waals surface area contributed by atoms with Crippen molar-refractivity contribution in [1.82, 2.24) is 4.98 Å². The molecule has 0 saturated heterocycles. The number of para-hydroxylation sites is 1. The Balaban J connectivity index is 2.30. The summed E-state index contributed by atoms with van der Waals surface area (Å²) in [5.41, 5.74) is 0.529. The molecule has 1 heterocycles. The maximum atomic E-state index is 13.4. The van der Waals surface area contributed by atoms with Gasteiger partial charge in [0.25, 0.3) is 5.91 Å². The van der Waals surface area contributed by atoms with Gasteiger partial charge >= 0.3 is 0 Å². The number of hydrogen-bond donors (Lipinski definition) is 0. The van der Waals surface area contributed by atoms with Gasteiger partial charge in [-0.25, -0.2) is 9.37 Å². The van der Waals surface area contributed by atoms with Crippen molar-refractivity contribution in [2.45, 2.75) is 0 Å². The molecule has 0 aliphatic heterocycles. The van der Waals surface area contributed by atoms with Crippen molar-refractivity contribution in [3.8, 4) is 0 Å². The molecular formula is C13H11FN2O. The molecular weight excluding hydrogens is 219 g/mol. The van der Waals surface area contributed by atoms with Gasteiger partial charge < -0.3 is 4.90 Å². The molecule has 0 saturated carbocycles. The summed E-state index contributed by atoms with van der Waals surface area (Å²) < 4.78 is 13.4. The topological polar surface area (TPSA) is 33.2 Å². The number of amides is 1. The van der Waals surface area contributed by atoms with Crippen LogP contribution in [0.4, 0.5) is 10.1 Å². The van der Waals surface area contributed by atoms with Crippen molar-refractivity contribution in [2.24, 2.45) is 0 Å². The zero-order chi connectivity index (χ0) is 12.3. The number of hydrogen-bond acceptors (Lipinski definition) is 2. The summed E-state index contributed by atoms with van der Waals surface area (Å²) in [6, 6.07) is 11.7. The third-order valence-corrected chi connectivity index (χ3v) is 2.41. The number of anilines is 1. The summed E-state index contributed by atoms with van der Waals surface area (Å²) in [6.45, 7) is 0. The van der Waals surface area contributed by atoms with Crippen LogP contribution in [0, 0.1) is 5.82 Å². The minimum atomic E-state index is -0.611. The van der Waals surface area contributed by atoms with Crippen LogP contribution in [-0.2, 0) is 0 Å². The molecule has 2 rings (SSSR count). The second kappa shape index (κ2) is 4.74. The van der Waals surface area contributed by atoms with E-state index in [4.69, 9.17) is 0 Å². The van der Waals surface area contributed by atoms with E-state index in [1.807, 2.05) is 18.2 Å². The van der Waals surface area contributed by atoms with Crippen LogP contribution in [-0.4, -0.2) is 17.9 Å². The first kappa shape index (κ1) is 11.3. The first-order chi connectivity index (χ1) is 8.20. The van der Waals surface area contributed by atoms with Crippen molar-refractivity contribution < 1.29 is 9.18 Å². The molecule has 0 unspecified atom stereocenters. The molecule has 1 amide bonds. The van der Waals surface area contributed by atoms with Crippen molar-refractivity contribution >= 4 is 11.6 Å². The van der Waals surface area contributed by atoms with Crippen LogP contribution in [0.2, 0.25) is 0 Å². The fourth-order valence-corrected chi connectivity index (χ4v) is 1.47. The van der Waals surface area contributed by atoms with Crippen molar-refractivity contribution in [3.63, 3.8) is 0 Å². The van der Waals surface area contributed by atoms with Crippen LogP contribution in [0.15, 0.2) is 48.7 Å². The van der Waals surface area contributed by atoms with Crippen molar-refractivity contribution in [3.05, 3.63) is 60.2 Å². The molecule has 0 bridgehead atoms. The average Bonchev–Trinajstić information content (AvgIpc) is 2.39. The predicted molar refractivity (Wildman–Crippen MR) is 63.4 cm³/mol. The summed E-state index contributed by atoms with van der Waals surface area (Å²) in [4.78, 5) is 17.1. The van der Waals surface area contributed by atoms with Gasteiger partial charge in [0.05, 0.1) is 0 Å². The van der Waals surface area contributed by atoms with Gasteiger partial charge in [-0.05, 0) is 24.3 Å². The van der Waals surface area contributed by atoms with E-state index < -0.39 is 11.7 Å². The van der Waals surface area contributed by atoms with E-state index in [1.54, 1.807) is 19.2 Å². The quantitative estimate of drug-likeness (QED) is 0.794. The molecule has 0 radical (unpaired) electrons. The Morgan fingerprint density at radius 1 is 1.18 bits per heavy atom. The molecule has 0 aliphatic carbocycles. The second-order valence-electron chi connectivity index (χ2n) is 3.53. The normalized spacial score (nSPS) is 10.0. The molecule has 17 heavy (non-hydrogen) atoms. The van der Waals surface area contributed by atoms with Gasteiger partial charge in [0.15, 0.2) is 11.5 Å². The predicted octanol–water partition coefficient (Wildman–Crippen LogP) is 2.50. The highest BCUT2D eigenvalue weighted by atomic mass is 19.1. The molecule has 3 nitrogen and oxygen atoms in total. The first-order valence-corrected chi connectivity index (χ1v) is 5.14. The van der Waals surface area contributed by atoms with Crippen LogP contribution in [0.5, 0.6) is 0 Å². The summed E-state index contributed by atoms with van der Waals surface area (Å²) in [7, 11) is 1.59. The van der Waals surface area contributed by atoms with Crippen LogP contribution in [0.1, 0.15) is 10.5 Å². The van der Waals surface area contributed by atoms with E-state index in [2.05, 4.69) is 4.98 Å². The Hall–Kier alpha value is -2.23. The minimum Gasteiger partial charge on any atom is -0.310 e. The van der Waals surface area contributed by atoms with E-state index in [0.717, 1.165) is 0 Å². The van der Waals surface area contributed by atoms with E-state index in [-0.39, 0.29) is 5.69 Å². The zero-order valence-electron chi connectivity index (χ0n) is 9.30. The molecule has 4 heteroatoms. The molecule has 1 aromatic heterocycles. The van der Waals surface area contributed by atoms with Gasteiger partial charge in [-0.1, -0.05) is 18.2 Å². The van der Waals surface area contributed by atoms with Gasteiger partial charge in [-0.2, -0.15) is 0 Å². The molecule has 0 spiro atoms. The molecule has 86 valence electrons. The molecule has 1 aromatic carbocycles. The SMILES string of the molecule is CN(C(=O)c1ncccc1F)c1ccccc1. The lowest BCUT2D eigenvalue weighted by Gasteiger charge is -2.16. The fourth-order valence-electron chi connectivity index (χ4n) is 1.47. The highest BCUT2D eigenvalue weighted by Gasteiger charge is 2.18. The Kier molecular flexibility index (Phi) is 3.14. The highest BCUT2D eigenvalue weighted by molar-refractivity contribution is 6.04. The molecule has 0 aliphatic rings. The highest BCUT2D eigenvalue weighted by Crippen LogP contribution is 2.14. The Bertz CT molecular complexity index is 528. The van der Waals surface area contributed by atoms with Crippen molar-refractivity contribution in [1.29, 1.82) is 0 Å². The largest absolute Gasteiger partial charge is 0.310 e. The van der Waals surface area contributed by atoms with E-state index in [1.165, 1.54) is 23.2 Å². The number of halogens is 1. The summed E-state index contributed by atoms with van der Waals surface area (Å²) in [6.07, 6.45) is 1.40. The third kappa shape index (κ3) is 2.30. The van der Waals surface area contributed by atoms with Crippen LogP contribution in [0.3, 0.4) is 0 Å². The van der Waals surface area contributed by atoms with Crippen molar-refractivity contribution in [2.75, 3.05) is 11.9 Å². The lowest BCUT2D eigenvalue weighted by Crippen LogP contribution is -2.27. The lowest BCUT2D eigenvalue weighted by atomic mass is 10.2. The summed E-state index contributed by atoms with van der Waals surface area (Å²) >= 11 is 0. The standard InChI is InChI=1S/C13H11FN2O/c1-16(10-6-3-2-4-7-10)13(17)12-11(14)8-5-9-15-12/h2-9H,1H3. The van der Waals surface area contributed by atoms with Gasteiger partial charge in [0.2, 0.25) is 0 Å². The Labute approximate surface area is 98.5 Å². The minimum absolute atomic E-state index is 0.168. The van der Waals surface area contributed by atoms with Crippen LogP contribution >= 0.6 is 0 Å². The van der Waals surface area contributed by atoms with E-state index in [9.17, 15) is 9.18 Å². The Morgan fingerprint density at radius 2 is 1.88 bits per heavy atom. The maximum Gasteiger partial charge on any atom is 0.279 e. The number of nitrogens with zero attached hydrogens (tertiary/aromatic N) is 2. The second-order valence-corrected chi connectivity index (χ2v) is 3.53. The lowest BCUT2D eigenvalue weighted by molar-refractivity contribution is 0.0984. The van der Waals surface area contributed by atoms with Gasteiger partial charge in [0, 0.05) is 18.9 Å². The smallest absolute Gasteiger partial charge is 0.279 e. The van der Waals surface area contributed by atoms with Gasteiger partial charge in [-0.15, -0.1) is 0 Å². The van der Waals surface area contributed by atoms with E-state index >= 15 is 0 Å². The zero-order valence-corrected chi connectivity index (χ0v) is 9.30. The number of carbonyl (C=O) groups is 1. The number of pyridine rings is 1. The summed E-state index contributed by atoms with van der Waals surface area (Å²) in [5.74, 6) is -1.07. The van der Waals surface area contributed by atoms with Crippen LogP contribution in [0.25, 0.3) is 0 Å². The average molecular weight is 230 g/mol. The fraction of sp³-hybridized carbons (Fsp3) is 0.0769. The number of rotatable bonds is 2. The van der Waals surface area contributed by atoms with Crippen LogP contribution < -0.4 is 4.90 Å². The monoisotopic (exact) mass is 230 g/mol. The van der Waals surface area contributed by atoms with Gasteiger partial charge in [-0.3, -0.25) is 4.79 Å². The molecule has 0 N–H and O–H groups in total. The van der Waals surface area contributed by atoms with E-state index in [0.29, 0.717) is 5.69 Å². The number of benzene rings is 1. The van der Waals surface area contributed by atoms with Gasteiger partial charge in [0.1, 0.15) is 0 Å².